The lowest BCUT2D eigenvalue weighted by atomic mass is 10.0. The van der Waals surface area contributed by atoms with Crippen LogP contribution in [0.3, 0.4) is 0 Å². The minimum Gasteiger partial charge on any atom is -0.377 e. The number of benzene rings is 2. The highest BCUT2D eigenvalue weighted by Crippen LogP contribution is 2.37. The molecule has 23 heavy (non-hydrogen) atoms. The molecule has 0 N–H and O–H groups in total. The second kappa shape index (κ2) is 6.34. The summed E-state index contributed by atoms with van der Waals surface area (Å²) < 4.78 is 32.8. The summed E-state index contributed by atoms with van der Waals surface area (Å²) in [4.78, 5) is 0. The van der Waals surface area contributed by atoms with E-state index in [9.17, 15) is 8.42 Å². The fourth-order valence-corrected chi connectivity index (χ4v) is 4.62. The molecule has 0 bridgehead atoms. The number of anilines is 1. The molecule has 1 heterocycles. The van der Waals surface area contributed by atoms with Crippen LogP contribution >= 0.6 is 0 Å². The molecule has 2 aromatic carbocycles. The van der Waals surface area contributed by atoms with Gasteiger partial charge in [0.25, 0.3) is 0 Å². The summed E-state index contributed by atoms with van der Waals surface area (Å²) in [5.41, 5.74) is 3.60. The summed E-state index contributed by atoms with van der Waals surface area (Å²) in [6.45, 7) is 2.44. The molecule has 2 aromatic rings. The molecule has 1 aliphatic rings. The van der Waals surface area contributed by atoms with Crippen molar-refractivity contribution in [2.75, 3.05) is 18.0 Å². The largest absolute Gasteiger partial charge is 0.377 e. The quantitative estimate of drug-likeness (QED) is 0.862. The first kappa shape index (κ1) is 16.0. The smallest absolute Gasteiger partial charge is 0.239 e. The molecule has 1 unspecified atom stereocenters. The number of hydrogen-bond donors (Lipinski definition) is 0. The Hall–Kier alpha value is -1.85. The molecule has 1 atom stereocenters. The summed E-state index contributed by atoms with van der Waals surface area (Å²) in [6.07, 6.45) is 0.623. The van der Waals surface area contributed by atoms with Crippen LogP contribution in [0.4, 0.5) is 5.69 Å². The Labute approximate surface area is 137 Å². The number of para-hydroxylation sites is 1. The van der Waals surface area contributed by atoms with Gasteiger partial charge in [-0.05, 0) is 25.0 Å². The molecule has 5 heteroatoms. The Kier molecular flexibility index (Phi) is 4.41. The normalized spacial score (nSPS) is 17.8. The van der Waals surface area contributed by atoms with E-state index in [0.717, 1.165) is 22.4 Å². The zero-order valence-electron chi connectivity index (χ0n) is 13.4. The summed E-state index contributed by atoms with van der Waals surface area (Å²) in [5, 5.41) is 0. The zero-order valence-corrected chi connectivity index (χ0v) is 14.2. The molecule has 0 radical (unpaired) electrons. The molecule has 0 fully saturated rings. The standard InChI is InChI=1S/C18H21NO3S/c1-14-7-9-15(10-8-14)13-23(20,21)19-12-11-18(22-2)16-5-3-4-6-17(16)19/h3-10,18H,11-13H2,1-2H3. The van der Waals surface area contributed by atoms with Gasteiger partial charge in [0.05, 0.1) is 17.5 Å². The van der Waals surface area contributed by atoms with Crippen LogP contribution in [0.1, 0.15) is 29.2 Å². The number of fused-ring (bicyclic) bond motifs is 1. The van der Waals surface area contributed by atoms with Crippen molar-refractivity contribution in [2.24, 2.45) is 0 Å². The minimum atomic E-state index is -3.42. The Bertz CT molecular complexity index is 784. The van der Waals surface area contributed by atoms with Gasteiger partial charge in [-0.2, -0.15) is 0 Å². The second-order valence-corrected chi connectivity index (χ2v) is 7.78. The summed E-state index contributed by atoms with van der Waals surface area (Å²) in [7, 11) is -1.75. The van der Waals surface area contributed by atoms with Crippen molar-refractivity contribution in [3.63, 3.8) is 0 Å². The van der Waals surface area contributed by atoms with Crippen molar-refractivity contribution in [3.8, 4) is 0 Å². The van der Waals surface area contributed by atoms with Gasteiger partial charge in [0.15, 0.2) is 0 Å². The third-order valence-corrected chi connectivity index (χ3v) is 5.99. The van der Waals surface area contributed by atoms with E-state index in [1.54, 1.807) is 7.11 Å². The topological polar surface area (TPSA) is 46.6 Å². The zero-order chi connectivity index (χ0) is 16.4. The van der Waals surface area contributed by atoms with Crippen LogP contribution in [-0.4, -0.2) is 22.1 Å². The van der Waals surface area contributed by atoms with Gasteiger partial charge in [0.2, 0.25) is 10.0 Å². The maximum atomic E-state index is 12.9. The van der Waals surface area contributed by atoms with E-state index >= 15 is 0 Å². The summed E-state index contributed by atoms with van der Waals surface area (Å²) >= 11 is 0. The molecule has 122 valence electrons. The molecular formula is C18H21NO3S. The molecule has 0 saturated carbocycles. The predicted molar refractivity (Wildman–Crippen MR) is 92.0 cm³/mol. The van der Waals surface area contributed by atoms with E-state index in [2.05, 4.69) is 0 Å². The van der Waals surface area contributed by atoms with E-state index < -0.39 is 10.0 Å². The van der Waals surface area contributed by atoms with Gasteiger partial charge in [-0.1, -0.05) is 48.0 Å². The van der Waals surface area contributed by atoms with Gasteiger partial charge in [-0.15, -0.1) is 0 Å². The summed E-state index contributed by atoms with van der Waals surface area (Å²) in [6, 6.07) is 15.2. The van der Waals surface area contributed by atoms with Crippen molar-refractivity contribution in [3.05, 3.63) is 65.2 Å². The number of nitrogens with zero attached hydrogens (tertiary/aromatic N) is 1. The van der Waals surface area contributed by atoms with Gasteiger partial charge in [0, 0.05) is 19.2 Å². The Morgan fingerprint density at radius 1 is 1.13 bits per heavy atom. The average Bonchev–Trinajstić information content (AvgIpc) is 2.55. The molecule has 0 spiro atoms. The molecule has 0 saturated heterocycles. The molecule has 0 aliphatic carbocycles. The monoisotopic (exact) mass is 331 g/mol. The predicted octanol–water partition coefficient (Wildman–Crippen LogP) is 3.42. The van der Waals surface area contributed by atoms with Crippen molar-refractivity contribution >= 4 is 15.7 Å². The minimum absolute atomic E-state index is 0.0132. The van der Waals surface area contributed by atoms with Crippen molar-refractivity contribution < 1.29 is 13.2 Å². The van der Waals surface area contributed by atoms with Crippen LogP contribution in [0.2, 0.25) is 0 Å². The first-order chi connectivity index (χ1) is 11.0. The van der Waals surface area contributed by atoms with Gasteiger partial charge >= 0.3 is 0 Å². The van der Waals surface area contributed by atoms with Crippen LogP contribution in [0.15, 0.2) is 48.5 Å². The highest BCUT2D eigenvalue weighted by molar-refractivity contribution is 7.92. The molecular weight excluding hydrogens is 310 g/mol. The SMILES string of the molecule is COC1CCN(S(=O)(=O)Cc2ccc(C)cc2)c2ccccc21. The molecule has 0 aromatic heterocycles. The highest BCUT2D eigenvalue weighted by atomic mass is 32.2. The van der Waals surface area contributed by atoms with E-state index in [-0.39, 0.29) is 11.9 Å². The fraction of sp³-hybridized carbons (Fsp3) is 0.333. The van der Waals surface area contributed by atoms with Gasteiger partial charge in [-0.25, -0.2) is 8.42 Å². The van der Waals surface area contributed by atoms with Crippen LogP contribution < -0.4 is 4.31 Å². The highest BCUT2D eigenvalue weighted by Gasteiger charge is 2.31. The Morgan fingerprint density at radius 3 is 2.52 bits per heavy atom. The fourth-order valence-electron chi connectivity index (χ4n) is 3.00. The van der Waals surface area contributed by atoms with Crippen LogP contribution in [0.25, 0.3) is 0 Å². The van der Waals surface area contributed by atoms with Crippen LogP contribution in [-0.2, 0) is 20.5 Å². The first-order valence-corrected chi connectivity index (χ1v) is 9.30. The Balaban J connectivity index is 1.92. The third-order valence-electron chi connectivity index (χ3n) is 4.24. The lowest BCUT2D eigenvalue weighted by molar-refractivity contribution is 0.0951. The second-order valence-electron chi connectivity index (χ2n) is 5.89. The van der Waals surface area contributed by atoms with E-state index in [1.807, 2.05) is 55.5 Å². The lowest BCUT2D eigenvalue weighted by Gasteiger charge is -2.34. The maximum Gasteiger partial charge on any atom is 0.239 e. The van der Waals surface area contributed by atoms with Crippen LogP contribution in [0, 0.1) is 6.92 Å². The Morgan fingerprint density at radius 2 is 1.83 bits per heavy atom. The van der Waals surface area contributed by atoms with E-state index in [1.165, 1.54) is 4.31 Å². The van der Waals surface area contributed by atoms with Crippen molar-refractivity contribution in [1.29, 1.82) is 0 Å². The lowest BCUT2D eigenvalue weighted by Crippen LogP contribution is -2.37. The number of sulfonamides is 1. The maximum absolute atomic E-state index is 12.9. The van der Waals surface area contributed by atoms with Gasteiger partial charge < -0.3 is 4.74 Å². The molecule has 0 amide bonds. The van der Waals surface area contributed by atoms with Crippen LogP contribution in [0.5, 0.6) is 0 Å². The van der Waals surface area contributed by atoms with Crippen molar-refractivity contribution in [2.45, 2.75) is 25.2 Å². The van der Waals surface area contributed by atoms with Gasteiger partial charge in [-0.3, -0.25) is 4.31 Å². The average molecular weight is 331 g/mol. The first-order valence-electron chi connectivity index (χ1n) is 7.69. The number of ether oxygens (including phenoxy) is 1. The number of hydrogen-bond acceptors (Lipinski definition) is 3. The molecule has 1 aliphatic heterocycles. The number of methoxy groups -OCH3 is 1. The number of aryl methyl sites for hydroxylation is 1. The van der Waals surface area contributed by atoms with E-state index in [0.29, 0.717) is 13.0 Å². The number of rotatable bonds is 4. The van der Waals surface area contributed by atoms with E-state index in [4.69, 9.17) is 4.74 Å². The van der Waals surface area contributed by atoms with Gasteiger partial charge in [0.1, 0.15) is 0 Å². The third kappa shape index (κ3) is 3.26. The van der Waals surface area contributed by atoms with Crippen molar-refractivity contribution in [1.82, 2.24) is 0 Å². The molecule has 3 rings (SSSR count). The summed E-state index contributed by atoms with van der Waals surface area (Å²) in [5.74, 6) is 0.0132. The molecule has 4 nitrogen and oxygen atoms in total.